The minimum atomic E-state index is -0.387. The van der Waals surface area contributed by atoms with Crippen LogP contribution in [-0.2, 0) is 4.79 Å². The van der Waals surface area contributed by atoms with Crippen molar-refractivity contribution in [3.05, 3.63) is 0 Å². The third-order valence-corrected chi connectivity index (χ3v) is 5.06. The van der Waals surface area contributed by atoms with Crippen molar-refractivity contribution in [1.29, 1.82) is 0 Å². The molecule has 1 saturated heterocycles. The lowest BCUT2D eigenvalue weighted by atomic mass is 9.82. The molecule has 4 nitrogen and oxygen atoms in total. The summed E-state index contributed by atoms with van der Waals surface area (Å²) in [6.07, 6.45) is 5.23. The second-order valence-corrected chi connectivity index (χ2v) is 7.14. The molecule has 0 spiro atoms. The Bertz CT molecular complexity index is 324. The van der Waals surface area contributed by atoms with Gasteiger partial charge in [-0.05, 0) is 38.5 Å². The maximum absolute atomic E-state index is 12.5. The van der Waals surface area contributed by atoms with Crippen molar-refractivity contribution >= 4 is 5.91 Å². The summed E-state index contributed by atoms with van der Waals surface area (Å²) in [6.45, 7) is 11.2. The van der Waals surface area contributed by atoms with E-state index < -0.39 is 0 Å². The van der Waals surface area contributed by atoms with E-state index in [0.29, 0.717) is 5.92 Å². The smallest absolute Gasteiger partial charge is 0.239 e. The second-order valence-electron chi connectivity index (χ2n) is 7.14. The molecule has 0 aromatic rings. The number of carbonyl (C=O) groups is 1. The molecule has 4 heteroatoms. The van der Waals surface area contributed by atoms with Gasteiger partial charge < -0.3 is 10.6 Å². The first kappa shape index (κ1) is 15.8. The molecule has 1 heterocycles. The molecule has 2 aliphatic rings. The van der Waals surface area contributed by atoms with Gasteiger partial charge in [0.05, 0.1) is 5.54 Å². The third kappa shape index (κ3) is 3.95. The molecule has 2 N–H and O–H groups in total. The van der Waals surface area contributed by atoms with Crippen molar-refractivity contribution in [3.63, 3.8) is 0 Å². The highest BCUT2D eigenvalue weighted by Gasteiger charge is 2.35. The summed E-state index contributed by atoms with van der Waals surface area (Å²) < 4.78 is 0. The van der Waals surface area contributed by atoms with Crippen LogP contribution in [0.3, 0.4) is 0 Å². The number of nitrogens with one attached hydrogen (secondary N) is 2. The molecule has 20 heavy (non-hydrogen) atoms. The van der Waals surface area contributed by atoms with Gasteiger partial charge in [-0.3, -0.25) is 9.69 Å². The number of carbonyl (C=O) groups excluding carboxylic acids is 1. The number of amides is 1. The summed E-state index contributed by atoms with van der Waals surface area (Å²) >= 11 is 0. The van der Waals surface area contributed by atoms with Gasteiger partial charge in [0.25, 0.3) is 0 Å². The zero-order valence-corrected chi connectivity index (χ0v) is 13.4. The highest BCUT2D eigenvalue weighted by molar-refractivity contribution is 5.85. The molecule has 2 unspecified atom stereocenters. The van der Waals surface area contributed by atoms with Crippen molar-refractivity contribution in [2.24, 2.45) is 11.8 Å². The van der Waals surface area contributed by atoms with Crippen LogP contribution < -0.4 is 10.6 Å². The van der Waals surface area contributed by atoms with Gasteiger partial charge in [0, 0.05) is 32.7 Å². The van der Waals surface area contributed by atoms with E-state index in [2.05, 4.69) is 36.3 Å². The fourth-order valence-electron chi connectivity index (χ4n) is 3.57. The van der Waals surface area contributed by atoms with Crippen molar-refractivity contribution in [1.82, 2.24) is 15.5 Å². The van der Waals surface area contributed by atoms with E-state index >= 15 is 0 Å². The van der Waals surface area contributed by atoms with Crippen molar-refractivity contribution in [2.75, 3.05) is 32.7 Å². The van der Waals surface area contributed by atoms with Crippen molar-refractivity contribution in [3.8, 4) is 0 Å². The first-order valence-corrected chi connectivity index (χ1v) is 8.24. The SMILES string of the molecule is CC1CCCC(CNC(=O)C(C)(C)N2CCNCC2)C1. The Morgan fingerprint density at radius 1 is 1.30 bits per heavy atom. The van der Waals surface area contributed by atoms with Crippen molar-refractivity contribution < 1.29 is 4.79 Å². The molecule has 1 aliphatic heterocycles. The quantitative estimate of drug-likeness (QED) is 0.823. The largest absolute Gasteiger partial charge is 0.354 e. The summed E-state index contributed by atoms with van der Waals surface area (Å²) in [5, 5.41) is 6.55. The molecule has 1 saturated carbocycles. The predicted molar refractivity (Wildman–Crippen MR) is 82.7 cm³/mol. The van der Waals surface area contributed by atoms with Crippen molar-refractivity contribution in [2.45, 2.75) is 52.0 Å². The predicted octanol–water partition coefficient (Wildman–Crippen LogP) is 1.61. The Morgan fingerprint density at radius 2 is 2.00 bits per heavy atom. The monoisotopic (exact) mass is 281 g/mol. The van der Waals surface area contributed by atoms with E-state index in [-0.39, 0.29) is 11.4 Å². The maximum atomic E-state index is 12.5. The lowest BCUT2D eigenvalue weighted by Crippen LogP contribution is -2.60. The summed E-state index contributed by atoms with van der Waals surface area (Å²) in [6, 6.07) is 0. The summed E-state index contributed by atoms with van der Waals surface area (Å²) in [5.41, 5.74) is -0.387. The van der Waals surface area contributed by atoms with Crippen LogP contribution in [-0.4, -0.2) is 49.1 Å². The first-order valence-electron chi connectivity index (χ1n) is 8.24. The molecular formula is C16H31N3O. The lowest BCUT2D eigenvalue weighted by molar-refractivity contribution is -0.132. The Labute approximate surface area is 123 Å². The highest BCUT2D eigenvalue weighted by Crippen LogP contribution is 2.28. The van der Waals surface area contributed by atoms with Gasteiger partial charge in [0.2, 0.25) is 5.91 Å². The van der Waals surface area contributed by atoms with E-state index in [1.807, 2.05) is 0 Å². The average Bonchev–Trinajstić information content (AvgIpc) is 2.45. The van der Waals surface area contributed by atoms with Gasteiger partial charge in [0.1, 0.15) is 0 Å². The number of hydrogen-bond acceptors (Lipinski definition) is 3. The summed E-state index contributed by atoms with van der Waals surface area (Å²) in [5.74, 6) is 1.70. The van der Waals surface area contributed by atoms with Crippen LogP contribution in [0.1, 0.15) is 46.5 Å². The van der Waals surface area contributed by atoms with Gasteiger partial charge in [0.15, 0.2) is 0 Å². The Hall–Kier alpha value is -0.610. The normalized spacial score (nSPS) is 29.1. The van der Waals surface area contributed by atoms with Crippen LogP contribution in [0.4, 0.5) is 0 Å². The van der Waals surface area contributed by atoms with Gasteiger partial charge in [-0.1, -0.05) is 19.8 Å². The Morgan fingerprint density at radius 3 is 2.65 bits per heavy atom. The standard InChI is InChI=1S/C16H31N3O/c1-13-5-4-6-14(11-13)12-18-15(20)16(2,3)19-9-7-17-8-10-19/h13-14,17H,4-12H2,1-3H3,(H,18,20). The molecule has 1 amide bonds. The minimum Gasteiger partial charge on any atom is -0.354 e. The minimum absolute atomic E-state index is 0.192. The molecule has 0 radical (unpaired) electrons. The highest BCUT2D eigenvalue weighted by atomic mass is 16.2. The van der Waals surface area contributed by atoms with E-state index in [0.717, 1.165) is 38.6 Å². The van der Waals surface area contributed by atoms with Gasteiger partial charge >= 0.3 is 0 Å². The van der Waals surface area contributed by atoms with Crippen LogP contribution in [0.25, 0.3) is 0 Å². The van der Waals surface area contributed by atoms with Gasteiger partial charge in [-0.2, -0.15) is 0 Å². The third-order valence-electron chi connectivity index (χ3n) is 5.06. The Balaban J connectivity index is 1.80. The summed E-state index contributed by atoms with van der Waals surface area (Å²) in [4.78, 5) is 14.8. The molecule has 0 aromatic carbocycles. The van der Waals surface area contributed by atoms with Gasteiger partial charge in [-0.25, -0.2) is 0 Å². The zero-order chi connectivity index (χ0) is 14.6. The summed E-state index contributed by atoms with van der Waals surface area (Å²) in [7, 11) is 0. The van der Waals surface area contributed by atoms with Crippen LogP contribution in [0, 0.1) is 11.8 Å². The number of hydrogen-bond donors (Lipinski definition) is 2. The van der Waals surface area contributed by atoms with E-state index in [4.69, 9.17) is 0 Å². The van der Waals surface area contributed by atoms with E-state index in [1.165, 1.54) is 25.7 Å². The molecule has 0 bridgehead atoms. The fraction of sp³-hybridized carbons (Fsp3) is 0.938. The second kappa shape index (κ2) is 6.90. The molecule has 116 valence electrons. The number of piperazine rings is 1. The zero-order valence-electron chi connectivity index (χ0n) is 13.4. The average molecular weight is 281 g/mol. The van der Waals surface area contributed by atoms with Crippen LogP contribution >= 0.6 is 0 Å². The van der Waals surface area contributed by atoms with Crippen LogP contribution in [0.5, 0.6) is 0 Å². The topological polar surface area (TPSA) is 44.4 Å². The number of nitrogens with zero attached hydrogens (tertiary/aromatic N) is 1. The van der Waals surface area contributed by atoms with Gasteiger partial charge in [-0.15, -0.1) is 0 Å². The lowest BCUT2D eigenvalue weighted by Gasteiger charge is -2.40. The number of rotatable bonds is 4. The van der Waals surface area contributed by atoms with E-state index in [9.17, 15) is 4.79 Å². The molecule has 2 atom stereocenters. The molecular weight excluding hydrogens is 250 g/mol. The molecule has 0 aromatic heterocycles. The van der Waals surface area contributed by atoms with E-state index in [1.54, 1.807) is 0 Å². The maximum Gasteiger partial charge on any atom is 0.239 e. The van der Waals surface area contributed by atoms with Crippen LogP contribution in [0.2, 0.25) is 0 Å². The molecule has 2 rings (SSSR count). The fourth-order valence-corrected chi connectivity index (χ4v) is 3.57. The molecule has 1 aliphatic carbocycles. The van der Waals surface area contributed by atoms with Crippen LogP contribution in [0.15, 0.2) is 0 Å². The molecule has 2 fully saturated rings. The first-order chi connectivity index (χ1) is 9.50. The Kier molecular flexibility index (Phi) is 5.44.